The predicted octanol–water partition coefficient (Wildman–Crippen LogP) is 1.35. The van der Waals surface area contributed by atoms with E-state index in [0.717, 1.165) is 5.56 Å². The molecule has 90 valence electrons. The molecule has 1 aliphatic heterocycles. The van der Waals surface area contributed by atoms with Crippen LogP contribution in [0.25, 0.3) is 11.1 Å². The lowest BCUT2D eigenvalue weighted by atomic mass is 10.2. The molecule has 0 unspecified atom stereocenters. The minimum absolute atomic E-state index is 0.173. The molecule has 1 aromatic heterocycles. The van der Waals surface area contributed by atoms with Crippen molar-refractivity contribution in [2.75, 3.05) is 13.1 Å². The van der Waals surface area contributed by atoms with Gasteiger partial charge in [-0.1, -0.05) is 6.07 Å². The number of carboxylic acid groups (broad SMARTS) is 1. The number of nitrogens with zero attached hydrogens (tertiary/aromatic N) is 1. The Hall–Kier alpha value is -1.88. The van der Waals surface area contributed by atoms with Crippen molar-refractivity contribution in [3.63, 3.8) is 0 Å². The quantitative estimate of drug-likeness (QED) is 0.766. The Balaban J connectivity index is 0.000000313. The molecule has 1 saturated heterocycles. The maximum Gasteiger partial charge on any atom is 0.312 e. The third kappa shape index (κ3) is 3.57. The van der Waals surface area contributed by atoms with Gasteiger partial charge < -0.3 is 14.8 Å². The summed E-state index contributed by atoms with van der Waals surface area (Å²) in [6.07, 6.45) is -0.173. The number of hydrogen-bond acceptors (Lipinski definition) is 4. The van der Waals surface area contributed by atoms with Crippen LogP contribution >= 0.6 is 0 Å². The highest BCUT2D eigenvalue weighted by atomic mass is 16.4. The Morgan fingerprint density at radius 3 is 2.82 bits per heavy atom. The van der Waals surface area contributed by atoms with E-state index in [1.165, 1.54) is 13.1 Å². The average molecular weight is 234 g/mol. The summed E-state index contributed by atoms with van der Waals surface area (Å²) in [5.41, 5.74) is 2.42. The largest absolute Gasteiger partial charge is 0.481 e. The fourth-order valence-corrected chi connectivity index (χ4v) is 1.29. The molecule has 17 heavy (non-hydrogen) atoms. The zero-order valence-corrected chi connectivity index (χ0v) is 9.56. The van der Waals surface area contributed by atoms with Gasteiger partial charge in [-0.2, -0.15) is 0 Å². The molecule has 1 aliphatic rings. The second-order valence-corrected chi connectivity index (χ2v) is 3.90. The van der Waals surface area contributed by atoms with Crippen molar-refractivity contribution >= 4 is 17.1 Å². The lowest BCUT2D eigenvalue weighted by molar-refractivity contribution is -0.136. The summed E-state index contributed by atoms with van der Waals surface area (Å²) in [6, 6.07) is 5.56. The Labute approximate surface area is 98.5 Å². The van der Waals surface area contributed by atoms with Crippen molar-refractivity contribution in [1.82, 2.24) is 10.3 Å². The number of rotatable bonds is 2. The van der Waals surface area contributed by atoms with Crippen LogP contribution in [-0.4, -0.2) is 29.1 Å². The first kappa shape index (κ1) is 11.6. The van der Waals surface area contributed by atoms with Crippen LogP contribution in [-0.2, 0) is 11.2 Å². The maximum atomic E-state index is 10.4. The summed E-state index contributed by atoms with van der Waals surface area (Å²) >= 11 is 0. The van der Waals surface area contributed by atoms with Crippen LogP contribution in [0.1, 0.15) is 11.5 Å². The third-order valence-corrected chi connectivity index (χ3v) is 2.14. The summed E-state index contributed by atoms with van der Waals surface area (Å²) in [5.74, 6) is -0.689. The molecule has 5 heteroatoms. The lowest BCUT2D eigenvalue weighted by Crippen LogP contribution is -1.99. The monoisotopic (exact) mass is 234 g/mol. The van der Waals surface area contributed by atoms with Crippen molar-refractivity contribution in [2.45, 2.75) is 13.3 Å². The first-order valence-corrected chi connectivity index (χ1v) is 5.44. The zero-order chi connectivity index (χ0) is 12.3. The molecule has 0 radical (unpaired) electrons. The number of fused-ring (bicyclic) bond motifs is 1. The first-order chi connectivity index (χ1) is 8.15. The molecule has 0 saturated carbocycles. The lowest BCUT2D eigenvalue weighted by Gasteiger charge is -1.87. The van der Waals surface area contributed by atoms with E-state index in [4.69, 9.17) is 9.52 Å². The minimum Gasteiger partial charge on any atom is -0.481 e. The molecule has 0 bridgehead atoms. The number of aryl methyl sites for hydroxylation is 1. The number of benzene rings is 1. The maximum absolute atomic E-state index is 10.4. The number of oxazole rings is 1. The van der Waals surface area contributed by atoms with Crippen LogP contribution in [0.2, 0.25) is 0 Å². The second-order valence-electron chi connectivity index (χ2n) is 3.90. The molecule has 2 N–H and O–H groups in total. The number of carbonyl (C=O) groups is 1. The number of carboxylic acids is 1. The van der Waals surface area contributed by atoms with E-state index >= 15 is 0 Å². The number of aromatic nitrogens is 1. The van der Waals surface area contributed by atoms with Gasteiger partial charge in [0.05, 0.1) is 0 Å². The summed E-state index contributed by atoms with van der Waals surface area (Å²) in [6.45, 7) is 4.45. The van der Waals surface area contributed by atoms with Crippen LogP contribution in [0, 0.1) is 6.92 Å². The summed E-state index contributed by atoms with van der Waals surface area (Å²) < 4.78 is 5.24. The normalized spacial score (nSPS) is 13.0. The number of aliphatic carboxylic acids is 1. The molecule has 0 aliphatic carbocycles. The van der Waals surface area contributed by atoms with Crippen LogP contribution < -0.4 is 5.32 Å². The van der Waals surface area contributed by atoms with Gasteiger partial charge in [-0.25, -0.2) is 4.98 Å². The zero-order valence-electron chi connectivity index (χ0n) is 9.56. The molecular formula is C12H14N2O3. The second kappa shape index (κ2) is 4.97. The predicted molar refractivity (Wildman–Crippen MR) is 63.0 cm³/mol. The standard InChI is InChI=1S/C10H9NO3.C2H5N/c1-6-2-3-8-7(4-6)11-9(14-8)5-10(12)13;1-2-3-1/h2-4H,5H2,1H3,(H,12,13);3H,1-2H2. The summed E-state index contributed by atoms with van der Waals surface area (Å²) in [7, 11) is 0. The number of nitrogens with one attached hydrogen (secondary N) is 1. The fourth-order valence-electron chi connectivity index (χ4n) is 1.29. The topological polar surface area (TPSA) is 85.3 Å². The van der Waals surface area contributed by atoms with Crippen LogP contribution in [0.4, 0.5) is 0 Å². The van der Waals surface area contributed by atoms with Crippen molar-refractivity contribution in [2.24, 2.45) is 0 Å². The molecule has 3 rings (SSSR count). The minimum atomic E-state index is -0.937. The highest BCUT2D eigenvalue weighted by Crippen LogP contribution is 2.16. The van der Waals surface area contributed by atoms with Crippen molar-refractivity contribution in [3.05, 3.63) is 29.7 Å². The molecule has 1 aromatic carbocycles. The highest BCUT2D eigenvalue weighted by Gasteiger charge is 2.08. The fraction of sp³-hybridized carbons (Fsp3) is 0.333. The molecule has 1 fully saturated rings. The van der Waals surface area contributed by atoms with Gasteiger partial charge in [0.25, 0.3) is 0 Å². The molecule has 0 amide bonds. The van der Waals surface area contributed by atoms with Gasteiger partial charge in [0, 0.05) is 13.1 Å². The average Bonchev–Trinajstić information content (AvgIpc) is 3.05. The van der Waals surface area contributed by atoms with E-state index in [2.05, 4.69) is 10.3 Å². The summed E-state index contributed by atoms with van der Waals surface area (Å²) in [5, 5.41) is 11.5. The molecule has 0 spiro atoms. The first-order valence-electron chi connectivity index (χ1n) is 5.44. The van der Waals surface area contributed by atoms with Crippen molar-refractivity contribution in [3.8, 4) is 0 Å². The summed E-state index contributed by atoms with van der Waals surface area (Å²) in [4.78, 5) is 14.5. The molecule has 2 heterocycles. The molecule has 5 nitrogen and oxygen atoms in total. The van der Waals surface area contributed by atoms with Gasteiger partial charge in [-0.3, -0.25) is 4.79 Å². The number of hydrogen-bond donors (Lipinski definition) is 2. The van der Waals surface area contributed by atoms with Crippen LogP contribution in [0.15, 0.2) is 22.6 Å². The van der Waals surface area contributed by atoms with Crippen molar-refractivity contribution in [1.29, 1.82) is 0 Å². The Bertz CT molecular complexity index is 529. The van der Waals surface area contributed by atoms with Gasteiger partial charge in [0.2, 0.25) is 5.89 Å². The Morgan fingerprint density at radius 1 is 1.53 bits per heavy atom. The van der Waals surface area contributed by atoms with E-state index < -0.39 is 5.97 Å². The van der Waals surface area contributed by atoms with Crippen LogP contribution in [0.3, 0.4) is 0 Å². The Morgan fingerprint density at radius 2 is 2.24 bits per heavy atom. The smallest absolute Gasteiger partial charge is 0.312 e. The highest BCUT2D eigenvalue weighted by molar-refractivity contribution is 5.75. The van der Waals surface area contributed by atoms with Gasteiger partial charge in [-0.15, -0.1) is 0 Å². The van der Waals surface area contributed by atoms with E-state index in [1.807, 2.05) is 19.1 Å². The van der Waals surface area contributed by atoms with Gasteiger partial charge in [0.1, 0.15) is 11.9 Å². The van der Waals surface area contributed by atoms with Gasteiger partial charge in [-0.05, 0) is 24.6 Å². The van der Waals surface area contributed by atoms with Crippen molar-refractivity contribution < 1.29 is 14.3 Å². The third-order valence-electron chi connectivity index (χ3n) is 2.14. The van der Waals surface area contributed by atoms with E-state index in [1.54, 1.807) is 6.07 Å². The van der Waals surface area contributed by atoms with E-state index in [9.17, 15) is 4.79 Å². The molecule has 2 aromatic rings. The van der Waals surface area contributed by atoms with E-state index in [-0.39, 0.29) is 12.3 Å². The van der Waals surface area contributed by atoms with Gasteiger partial charge >= 0.3 is 5.97 Å². The van der Waals surface area contributed by atoms with Gasteiger partial charge in [0.15, 0.2) is 5.58 Å². The SMILES string of the molecule is C1CN1.Cc1ccc2oc(CC(=O)O)nc2c1. The van der Waals surface area contributed by atoms with Crippen LogP contribution in [0.5, 0.6) is 0 Å². The Kier molecular flexibility index (Phi) is 3.39. The molecular weight excluding hydrogens is 220 g/mol. The van der Waals surface area contributed by atoms with E-state index in [0.29, 0.717) is 11.1 Å². The molecule has 0 atom stereocenters.